The lowest BCUT2D eigenvalue weighted by Crippen LogP contribution is -2.02. The van der Waals surface area contributed by atoms with E-state index < -0.39 is 10.2 Å². The molecule has 0 unspecified atom stereocenters. The van der Waals surface area contributed by atoms with Crippen LogP contribution in [0.4, 0.5) is 5.69 Å². The number of carbonyl (C=O) groups excluding carboxylic acids is 2. The van der Waals surface area contributed by atoms with E-state index in [-0.39, 0.29) is 20.4 Å². The fourth-order valence-electron chi connectivity index (χ4n) is 1.02. The molecule has 1 aromatic rings. The average Bonchev–Trinajstić information content (AvgIpc) is 2.15. The standard InChI is InChI=1S/C8H3ClINO4/c9-8(13)5-1-4(3-12)2-6(10)7(5)11(14)15/h1-3H. The predicted octanol–water partition coefficient (Wildman–Crippen LogP) is 2.39. The second-order valence-electron chi connectivity index (χ2n) is 2.55. The van der Waals surface area contributed by atoms with Crippen molar-refractivity contribution < 1.29 is 14.5 Å². The third-order valence-corrected chi connectivity index (χ3v) is 2.64. The van der Waals surface area contributed by atoms with E-state index in [4.69, 9.17) is 11.6 Å². The molecule has 5 nitrogen and oxygen atoms in total. The first-order chi connectivity index (χ1) is 6.97. The lowest BCUT2D eigenvalue weighted by Gasteiger charge is -2.01. The van der Waals surface area contributed by atoms with Gasteiger partial charge in [0.25, 0.3) is 10.9 Å². The monoisotopic (exact) mass is 339 g/mol. The summed E-state index contributed by atoms with van der Waals surface area (Å²) in [6.07, 6.45) is 0.495. The van der Waals surface area contributed by atoms with Crippen molar-refractivity contribution >= 4 is 51.4 Å². The summed E-state index contributed by atoms with van der Waals surface area (Å²) >= 11 is 6.86. The Hall–Kier alpha value is -1.02. The van der Waals surface area contributed by atoms with Gasteiger partial charge < -0.3 is 0 Å². The zero-order valence-electron chi connectivity index (χ0n) is 7.07. The third kappa shape index (κ3) is 2.51. The number of nitro groups is 1. The highest BCUT2D eigenvalue weighted by Gasteiger charge is 2.23. The molecule has 0 aliphatic carbocycles. The Morgan fingerprint density at radius 3 is 2.53 bits per heavy atom. The van der Waals surface area contributed by atoms with E-state index >= 15 is 0 Å². The van der Waals surface area contributed by atoms with Crippen LogP contribution in [0.15, 0.2) is 12.1 Å². The normalized spacial score (nSPS) is 9.73. The van der Waals surface area contributed by atoms with E-state index in [1.54, 1.807) is 22.6 Å². The summed E-state index contributed by atoms with van der Waals surface area (Å²) in [6, 6.07) is 2.41. The quantitative estimate of drug-likeness (QED) is 0.278. The minimum absolute atomic E-state index is 0.175. The Balaban J connectivity index is 3.56. The Kier molecular flexibility index (Phi) is 3.75. The second-order valence-corrected chi connectivity index (χ2v) is 4.05. The van der Waals surface area contributed by atoms with Gasteiger partial charge >= 0.3 is 0 Å². The molecular weight excluding hydrogens is 336 g/mol. The molecule has 0 fully saturated rings. The van der Waals surface area contributed by atoms with Gasteiger partial charge in [0, 0.05) is 5.56 Å². The van der Waals surface area contributed by atoms with E-state index in [0.717, 1.165) is 6.07 Å². The minimum Gasteiger partial charge on any atom is -0.298 e. The first-order valence-corrected chi connectivity index (χ1v) is 5.06. The van der Waals surface area contributed by atoms with Gasteiger partial charge in [0.15, 0.2) is 0 Å². The highest BCUT2D eigenvalue weighted by atomic mass is 127. The lowest BCUT2D eigenvalue weighted by molar-refractivity contribution is -0.386. The number of hydrogen-bond acceptors (Lipinski definition) is 4. The van der Waals surface area contributed by atoms with Crippen LogP contribution in [0.25, 0.3) is 0 Å². The van der Waals surface area contributed by atoms with E-state index in [0.29, 0.717) is 6.29 Å². The molecule has 0 amide bonds. The van der Waals surface area contributed by atoms with Gasteiger partial charge in [-0.15, -0.1) is 0 Å². The number of carbonyl (C=O) groups is 2. The molecule has 15 heavy (non-hydrogen) atoms. The largest absolute Gasteiger partial charge is 0.298 e. The molecule has 0 spiro atoms. The predicted molar refractivity (Wildman–Crippen MR) is 61.4 cm³/mol. The van der Waals surface area contributed by atoms with Gasteiger partial charge in [0.2, 0.25) is 0 Å². The SMILES string of the molecule is O=Cc1cc(I)c([N+](=O)[O-])c(C(=O)Cl)c1. The van der Waals surface area contributed by atoms with E-state index in [9.17, 15) is 19.7 Å². The van der Waals surface area contributed by atoms with Crippen molar-refractivity contribution in [1.29, 1.82) is 0 Å². The summed E-state index contributed by atoms with van der Waals surface area (Å²) in [7, 11) is 0. The molecule has 0 aliphatic rings. The zero-order chi connectivity index (χ0) is 11.6. The summed E-state index contributed by atoms with van der Waals surface area (Å²) in [5, 5.41) is 9.69. The van der Waals surface area contributed by atoms with Crippen LogP contribution in [0.5, 0.6) is 0 Å². The maximum atomic E-state index is 10.9. The molecule has 0 saturated heterocycles. The minimum atomic E-state index is -0.955. The Bertz CT molecular complexity index is 460. The summed E-state index contributed by atoms with van der Waals surface area (Å²) in [4.78, 5) is 31.4. The van der Waals surface area contributed by atoms with Crippen molar-refractivity contribution in [2.45, 2.75) is 0 Å². The second kappa shape index (κ2) is 4.67. The number of rotatable bonds is 3. The third-order valence-electron chi connectivity index (χ3n) is 1.62. The van der Waals surface area contributed by atoms with Crippen LogP contribution in [0.1, 0.15) is 20.7 Å². The number of nitrogens with zero attached hydrogens (tertiary/aromatic N) is 1. The molecule has 0 bridgehead atoms. The van der Waals surface area contributed by atoms with Crippen molar-refractivity contribution in [3.05, 3.63) is 36.9 Å². The Morgan fingerprint density at radius 2 is 2.13 bits per heavy atom. The first-order valence-electron chi connectivity index (χ1n) is 3.60. The molecule has 0 saturated carbocycles. The van der Waals surface area contributed by atoms with Crippen molar-refractivity contribution in [2.75, 3.05) is 0 Å². The number of nitro benzene ring substituents is 1. The molecule has 0 aliphatic heterocycles. The number of halogens is 2. The first kappa shape index (κ1) is 12.1. The fourth-order valence-corrected chi connectivity index (χ4v) is 2.01. The van der Waals surface area contributed by atoms with Gasteiger partial charge in [-0.25, -0.2) is 0 Å². The topological polar surface area (TPSA) is 77.3 Å². The fraction of sp³-hybridized carbons (Fsp3) is 0. The summed E-state index contributed by atoms with van der Waals surface area (Å²) in [6.45, 7) is 0. The molecule has 1 aromatic carbocycles. The highest BCUT2D eigenvalue weighted by molar-refractivity contribution is 14.1. The van der Waals surface area contributed by atoms with Crippen molar-refractivity contribution in [2.24, 2.45) is 0 Å². The van der Waals surface area contributed by atoms with Crippen LogP contribution in [-0.4, -0.2) is 16.5 Å². The smallest absolute Gasteiger partial charge is 0.294 e. The van der Waals surface area contributed by atoms with E-state index in [1.807, 2.05) is 0 Å². The molecule has 0 N–H and O–H groups in total. The number of aldehydes is 1. The molecule has 0 heterocycles. The van der Waals surface area contributed by atoms with Crippen molar-refractivity contribution in [3.8, 4) is 0 Å². The van der Waals surface area contributed by atoms with Crippen molar-refractivity contribution in [1.82, 2.24) is 0 Å². The van der Waals surface area contributed by atoms with Gasteiger partial charge in [-0.05, 0) is 46.3 Å². The molecule has 0 radical (unpaired) electrons. The van der Waals surface area contributed by atoms with Crippen LogP contribution in [0.3, 0.4) is 0 Å². The molecule has 0 atom stereocenters. The van der Waals surface area contributed by atoms with Crippen LogP contribution < -0.4 is 0 Å². The van der Waals surface area contributed by atoms with Crippen LogP contribution in [0.2, 0.25) is 0 Å². The van der Waals surface area contributed by atoms with Gasteiger partial charge in [-0.3, -0.25) is 19.7 Å². The van der Waals surface area contributed by atoms with Gasteiger partial charge in [-0.2, -0.15) is 0 Å². The average molecular weight is 339 g/mol. The molecule has 7 heteroatoms. The zero-order valence-corrected chi connectivity index (χ0v) is 9.98. The summed E-state index contributed by atoms with van der Waals surface area (Å²) in [5.74, 6) is 0. The Labute approximate surface area is 103 Å². The van der Waals surface area contributed by atoms with E-state index in [2.05, 4.69) is 0 Å². The van der Waals surface area contributed by atoms with Gasteiger partial charge in [-0.1, -0.05) is 0 Å². The van der Waals surface area contributed by atoms with Gasteiger partial charge in [0.1, 0.15) is 11.8 Å². The molecule has 78 valence electrons. The number of hydrogen-bond donors (Lipinski definition) is 0. The van der Waals surface area contributed by atoms with Gasteiger partial charge in [0.05, 0.1) is 8.49 Å². The van der Waals surface area contributed by atoms with Crippen molar-refractivity contribution in [3.63, 3.8) is 0 Å². The van der Waals surface area contributed by atoms with E-state index in [1.165, 1.54) is 6.07 Å². The maximum absolute atomic E-state index is 10.9. The summed E-state index contributed by atoms with van der Waals surface area (Å²) in [5.41, 5.74) is -0.467. The van der Waals surface area contributed by atoms with Crippen LogP contribution in [0, 0.1) is 13.7 Å². The number of benzene rings is 1. The van der Waals surface area contributed by atoms with Crippen LogP contribution >= 0.6 is 34.2 Å². The molecule has 0 aromatic heterocycles. The maximum Gasteiger partial charge on any atom is 0.294 e. The van der Waals surface area contributed by atoms with Crippen LogP contribution in [-0.2, 0) is 0 Å². The molecular formula is C8H3ClINO4. The highest BCUT2D eigenvalue weighted by Crippen LogP contribution is 2.27. The lowest BCUT2D eigenvalue weighted by atomic mass is 10.1. The molecule has 1 rings (SSSR count). The summed E-state index contributed by atoms with van der Waals surface area (Å²) < 4.78 is 0.200. The Morgan fingerprint density at radius 1 is 1.53 bits per heavy atom.